The molecule has 3 aromatic carbocycles. The van der Waals surface area contributed by atoms with Crippen LogP contribution in [0, 0.1) is 6.92 Å². The van der Waals surface area contributed by atoms with E-state index in [0.717, 1.165) is 29.7 Å². The van der Waals surface area contributed by atoms with Gasteiger partial charge in [0.15, 0.2) is 0 Å². The second-order valence-electron chi connectivity index (χ2n) is 7.14. The standard InChI is InChI=1S/C23H22N2O3S/c1-17-8-5-6-12-21(17)24-29(27,28)20-13-14-22-19(16-20)11-7-15-25(22)23(26)18-9-3-2-4-10-18/h2-6,8-10,12-14,16,24H,7,11,15H2,1H3. The van der Waals surface area contributed by atoms with Gasteiger partial charge in [0, 0.05) is 17.8 Å². The minimum Gasteiger partial charge on any atom is -0.308 e. The van der Waals surface area contributed by atoms with Gasteiger partial charge in [-0.3, -0.25) is 9.52 Å². The lowest BCUT2D eigenvalue weighted by Crippen LogP contribution is -2.35. The van der Waals surface area contributed by atoms with Gasteiger partial charge in [-0.05, 0) is 67.3 Å². The van der Waals surface area contributed by atoms with Crippen LogP contribution < -0.4 is 9.62 Å². The molecule has 29 heavy (non-hydrogen) atoms. The first-order chi connectivity index (χ1) is 14.0. The fourth-order valence-electron chi connectivity index (χ4n) is 3.58. The number of hydrogen-bond donors (Lipinski definition) is 1. The number of aryl methyl sites for hydroxylation is 2. The summed E-state index contributed by atoms with van der Waals surface area (Å²) in [7, 11) is -3.71. The predicted octanol–water partition coefficient (Wildman–Crippen LogP) is 4.39. The maximum absolute atomic E-state index is 12.9. The van der Waals surface area contributed by atoms with E-state index in [9.17, 15) is 13.2 Å². The number of rotatable bonds is 4. The van der Waals surface area contributed by atoms with Crippen molar-refractivity contribution in [3.63, 3.8) is 0 Å². The lowest BCUT2D eigenvalue weighted by molar-refractivity contribution is 0.0985. The number of anilines is 2. The largest absolute Gasteiger partial charge is 0.308 e. The van der Waals surface area contributed by atoms with E-state index in [1.54, 1.807) is 47.4 Å². The summed E-state index contributed by atoms with van der Waals surface area (Å²) in [5.74, 6) is -0.0693. The Balaban J connectivity index is 1.65. The number of carbonyl (C=O) groups excluding carboxylic acids is 1. The molecule has 4 rings (SSSR count). The fraction of sp³-hybridized carbons (Fsp3) is 0.174. The number of nitrogens with one attached hydrogen (secondary N) is 1. The summed E-state index contributed by atoms with van der Waals surface area (Å²) in [6, 6.07) is 21.4. The third-order valence-corrected chi connectivity index (χ3v) is 6.50. The monoisotopic (exact) mass is 406 g/mol. The van der Waals surface area contributed by atoms with Gasteiger partial charge in [-0.15, -0.1) is 0 Å². The molecule has 0 radical (unpaired) electrons. The molecule has 3 aromatic rings. The lowest BCUT2D eigenvalue weighted by atomic mass is 10.0. The molecule has 0 aromatic heterocycles. The van der Waals surface area contributed by atoms with Gasteiger partial charge < -0.3 is 4.90 Å². The SMILES string of the molecule is Cc1ccccc1NS(=O)(=O)c1ccc2c(c1)CCCN2C(=O)c1ccccc1. The maximum atomic E-state index is 12.9. The van der Waals surface area contributed by atoms with Crippen LogP contribution >= 0.6 is 0 Å². The normalized spacial score (nSPS) is 13.6. The molecule has 0 fully saturated rings. The highest BCUT2D eigenvalue weighted by molar-refractivity contribution is 7.92. The van der Waals surface area contributed by atoms with Crippen molar-refractivity contribution in [3.8, 4) is 0 Å². The second-order valence-corrected chi connectivity index (χ2v) is 8.82. The van der Waals surface area contributed by atoms with Crippen LogP contribution in [0.3, 0.4) is 0 Å². The minimum atomic E-state index is -3.71. The van der Waals surface area contributed by atoms with Gasteiger partial charge in [0.25, 0.3) is 15.9 Å². The lowest BCUT2D eigenvalue weighted by Gasteiger charge is -2.30. The topological polar surface area (TPSA) is 66.5 Å². The first-order valence-electron chi connectivity index (χ1n) is 9.54. The zero-order chi connectivity index (χ0) is 20.4. The molecular weight excluding hydrogens is 384 g/mol. The number of para-hydroxylation sites is 1. The number of fused-ring (bicyclic) bond motifs is 1. The molecule has 1 amide bonds. The first-order valence-corrected chi connectivity index (χ1v) is 11.0. The van der Waals surface area contributed by atoms with Crippen LogP contribution in [0.4, 0.5) is 11.4 Å². The Bertz CT molecular complexity index is 1160. The summed E-state index contributed by atoms with van der Waals surface area (Å²) in [4.78, 5) is 14.9. The molecule has 1 heterocycles. The molecule has 1 N–H and O–H groups in total. The van der Waals surface area contributed by atoms with E-state index < -0.39 is 10.0 Å². The van der Waals surface area contributed by atoms with Crippen LogP contribution in [0.15, 0.2) is 77.7 Å². The van der Waals surface area contributed by atoms with E-state index in [1.165, 1.54) is 0 Å². The molecule has 148 valence electrons. The highest BCUT2D eigenvalue weighted by atomic mass is 32.2. The molecule has 0 unspecified atom stereocenters. The van der Waals surface area contributed by atoms with Crippen molar-refractivity contribution < 1.29 is 13.2 Å². The van der Waals surface area contributed by atoms with Crippen LogP contribution in [0.25, 0.3) is 0 Å². The van der Waals surface area contributed by atoms with Crippen molar-refractivity contribution >= 4 is 27.3 Å². The Kier molecular flexibility index (Phi) is 5.11. The molecule has 0 atom stereocenters. The average molecular weight is 407 g/mol. The van der Waals surface area contributed by atoms with Gasteiger partial charge in [-0.1, -0.05) is 36.4 Å². The van der Waals surface area contributed by atoms with Gasteiger partial charge in [0.05, 0.1) is 10.6 Å². The van der Waals surface area contributed by atoms with E-state index in [-0.39, 0.29) is 10.8 Å². The van der Waals surface area contributed by atoms with Gasteiger partial charge in [-0.25, -0.2) is 8.42 Å². The highest BCUT2D eigenvalue weighted by Gasteiger charge is 2.25. The number of benzene rings is 3. The van der Waals surface area contributed by atoms with Crippen LogP contribution in [0.5, 0.6) is 0 Å². The molecule has 0 spiro atoms. The average Bonchev–Trinajstić information content (AvgIpc) is 2.74. The summed E-state index contributed by atoms with van der Waals surface area (Å²) in [6.45, 7) is 2.48. The summed E-state index contributed by atoms with van der Waals surface area (Å²) >= 11 is 0. The summed E-state index contributed by atoms with van der Waals surface area (Å²) < 4.78 is 28.4. The van der Waals surface area contributed by atoms with E-state index in [1.807, 2.05) is 37.3 Å². The Morgan fingerprint density at radius 3 is 2.45 bits per heavy atom. The second kappa shape index (κ2) is 7.72. The number of carbonyl (C=O) groups is 1. The fourth-order valence-corrected chi connectivity index (χ4v) is 4.76. The number of sulfonamides is 1. The molecular formula is C23H22N2O3S. The van der Waals surface area contributed by atoms with Crippen molar-refractivity contribution in [1.82, 2.24) is 0 Å². The van der Waals surface area contributed by atoms with Crippen LogP contribution in [-0.2, 0) is 16.4 Å². The summed E-state index contributed by atoms with van der Waals surface area (Å²) in [5, 5.41) is 0. The Hall–Kier alpha value is -3.12. The van der Waals surface area contributed by atoms with Crippen molar-refractivity contribution in [3.05, 3.63) is 89.5 Å². The van der Waals surface area contributed by atoms with Crippen LogP contribution in [0.2, 0.25) is 0 Å². The first kappa shape index (κ1) is 19.2. The molecule has 0 bridgehead atoms. The molecule has 5 nitrogen and oxygen atoms in total. The van der Waals surface area contributed by atoms with Crippen molar-refractivity contribution in [2.24, 2.45) is 0 Å². The zero-order valence-electron chi connectivity index (χ0n) is 16.1. The van der Waals surface area contributed by atoms with E-state index >= 15 is 0 Å². The highest BCUT2D eigenvalue weighted by Crippen LogP contribution is 2.31. The smallest absolute Gasteiger partial charge is 0.261 e. The van der Waals surface area contributed by atoms with Crippen molar-refractivity contribution in [2.45, 2.75) is 24.7 Å². The summed E-state index contributed by atoms with van der Waals surface area (Å²) in [5.41, 5.74) is 3.69. The molecule has 1 aliphatic heterocycles. The van der Waals surface area contributed by atoms with Crippen molar-refractivity contribution in [1.29, 1.82) is 0 Å². The third kappa shape index (κ3) is 3.89. The van der Waals surface area contributed by atoms with E-state index in [2.05, 4.69) is 4.72 Å². The predicted molar refractivity (Wildman–Crippen MR) is 115 cm³/mol. The third-order valence-electron chi connectivity index (χ3n) is 5.14. The quantitative estimate of drug-likeness (QED) is 0.699. The Morgan fingerprint density at radius 1 is 0.966 bits per heavy atom. The van der Waals surface area contributed by atoms with Crippen LogP contribution in [-0.4, -0.2) is 20.9 Å². The Labute approximate surface area is 171 Å². The molecule has 1 aliphatic rings. The number of hydrogen-bond acceptors (Lipinski definition) is 3. The number of nitrogens with zero attached hydrogens (tertiary/aromatic N) is 1. The van der Waals surface area contributed by atoms with Crippen LogP contribution in [0.1, 0.15) is 27.9 Å². The van der Waals surface area contributed by atoms with Gasteiger partial charge in [0.1, 0.15) is 0 Å². The molecule has 0 saturated heterocycles. The van der Waals surface area contributed by atoms with E-state index in [4.69, 9.17) is 0 Å². The van der Waals surface area contributed by atoms with E-state index in [0.29, 0.717) is 17.8 Å². The summed E-state index contributed by atoms with van der Waals surface area (Å²) in [6.07, 6.45) is 1.53. The maximum Gasteiger partial charge on any atom is 0.261 e. The van der Waals surface area contributed by atoms with Gasteiger partial charge >= 0.3 is 0 Å². The molecule has 0 aliphatic carbocycles. The number of amides is 1. The minimum absolute atomic E-state index is 0.0693. The zero-order valence-corrected chi connectivity index (χ0v) is 16.9. The molecule has 6 heteroatoms. The van der Waals surface area contributed by atoms with Gasteiger partial charge in [0.2, 0.25) is 0 Å². The van der Waals surface area contributed by atoms with Crippen molar-refractivity contribution in [2.75, 3.05) is 16.2 Å². The van der Waals surface area contributed by atoms with Gasteiger partial charge in [-0.2, -0.15) is 0 Å². The molecule has 0 saturated carbocycles. The Morgan fingerprint density at radius 2 is 1.69 bits per heavy atom.